The van der Waals surface area contributed by atoms with Gasteiger partial charge in [-0.2, -0.15) is 0 Å². The van der Waals surface area contributed by atoms with Crippen molar-refractivity contribution in [3.63, 3.8) is 0 Å². The van der Waals surface area contributed by atoms with Crippen molar-refractivity contribution in [1.82, 2.24) is 0 Å². The molecule has 1 aliphatic rings. The van der Waals surface area contributed by atoms with Crippen LogP contribution < -0.4 is 0 Å². The third-order valence-electron chi connectivity index (χ3n) is 1.21. The monoisotopic (exact) mass is 111 g/mol. The van der Waals surface area contributed by atoms with Crippen LogP contribution in [-0.2, 0) is 4.84 Å². The van der Waals surface area contributed by atoms with Crippen LogP contribution >= 0.6 is 0 Å². The standard InChI is InChI=1S/C6H9NO/c1-5(8-7-2)6-3-4-6/h6H,1-4H2. The minimum Gasteiger partial charge on any atom is -0.362 e. The Morgan fingerprint density at radius 3 is 2.62 bits per heavy atom. The SMILES string of the molecule is C=NOC(=C)C1CC1. The van der Waals surface area contributed by atoms with Crippen LogP contribution in [0.5, 0.6) is 0 Å². The molecule has 1 rings (SSSR count). The van der Waals surface area contributed by atoms with Crippen LogP contribution in [0.15, 0.2) is 17.5 Å². The van der Waals surface area contributed by atoms with Gasteiger partial charge in [0.05, 0.1) is 0 Å². The first kappa shape index (κ1) is 5.35. The molecule has 44 valence electrons. The van der Waals surface area contributed by atoms with Crippen LogP contribution in [0.4, 0.5) is 0 Å². The van der Waals surface area contributed by atoms with Crippen LogP contribution in [0.2, 0.25) is 0 Å². The van der Waals surface area contributed by atoms with E-state index in [2.05, 4.69) is 23.3 Å². The van der Waals surface area contributed by atoms with E-state index in [-0.39, 0.29) is 0 Å². The Balaban J connectivity index is 2.22. The Labute approximate surface area is 48.8 Å². The first-order valence-corrected chi connectivity index (χ1v) is 2.66. The Morgan fingerprint density at radius 2 is 2.25 bits per heavy atom. The number of allylic oxidation sites excluding steroid dienone is 1. The van der Waals surface area contributed by atoms with Gasteiger partial charge in [0.1, 0.15) is 5.76 Å². The zero-order valence-electron chi connectivity index (χ0n) is 4.76. The van der Waals surface area contributed by atoms with Gasteiger partial charge in [-0.25, -0.2) is 0 Å². The van der Waals surface area contributed by atoms with Gasteiger partial charge >= 0.3 is 0 Å². The van der Waals surface area contributed by atoms with Crippen molar-refractivity contribution in [2.24, 2.45) is 11.1 Å². The maximum atomic E-state index is 4.69. The molecule has 0 N–H and O–H groups in total. The van der Waals surface area contributed by atoms with E-state index in [1.165, 1.54) is 12.8 Å². The van der Waals surface area contributed by atoms with Gasteiger partial charge in [-0.05, 0) is 12.8 Å². The van der Waals surface area contributed by atoms with Crippen molar-refractivity contribution in [3.8, 4) is 0 Å². The van der Waals surface area contributed by atoms with E-state index in [1.54, 1.807) is 0 Å². The molecule has 0 amide bonds. The van der Waals surface area contributed by atoms with Crippen LogP contribution in [0.25, 0.3) is 0 Å². The molecule has 1 aliphatic carbocycles. The van der Waals surface area contributed by atoms with Gasteiger partial charge in [0.2, 0.25) is 0 Å². The summed E-state index contributed by atoms with van der Waals surface area (Å²) in [6.07, 6.45) is 2.41. The van der Waals surface area contributed by atoms with Crippen LogP contribution in [0.3, 0.4) is 0 Å². The second-order valence-corrected chi connectivity index (χ2v) is 1.96. The van der Waals surface area contributed by atoms with Crippen molar-refractivity contribution in [3.05, 3.63) is 12.3 Å². The number of hydrogen-bond acceptors (Lipinski definition) is 2. The predicted octanol–water partition coefficient (Wildman–Crippen LogP) is 1.54. The van der Waals surface area contributed by atoms with Gasteiger partial charge in [0, 0.05) is 12.6 Å². The van der Waals surface area contributed by atoms with Crippen LogP contribution in [-0.4, -0.2) is 6.72 Å². The molecule has 0 spiro atoms. The summed E-state index contributed by atoms with van der Waals surface area (Å²) in [7, 11) is 0. The van der Waals surface area contributed by atoms with E-state index in [0.29, 0.717) is 5.92 Å². The zero-order valence-corrected chi connectivity index (χ0v) is 4.76. The summed E-state index contributed by atoms with van der Waals surface area (Å²) >= 11 is 0. The molecular weight excluding hydrogens is 102 g/mol. The second kappa shape index (κ2) is 1.99. The third kappa shape index (κ3) is 1.09. The summed E-state index contributed by atoms with van der Waals surface area (Å²) in [5.74, 6) is 1.33. The molecule has 0 aromatic carbocycles. The number of rotatable bonds is 3. The molecule has 0 saturated heterocycles. The number of nitrogens with zero attached hydrogens (tertiary/aromatic N) is 1. The Kier molecular flexibility index (Phi) is 1.33. The number of hydrogen-bond donors (Lipinski definition) is 0. The molecule has 0 aliphatic heterocycles. The Hall–Kier alpha value is -0.790. The molecule has 1 fully saturated rings. The maximum Gasteiger partial charge on any atom is 0.130 e. The van der Waals surface area contributed by atoms with Gasteiger partial charge in [0.25, 0.3) is 0 Å². The lowest BCUT2D eigenvalue weighted by Gasteiger charge is -1.95. The van der Waals surface area contributed by atoms with E-state index in [1.807, 2.05) is 0 Å². The lowest BCUT2D eigenvalue weighted by molar-refractivity contribution is 0.215. The molecule has 2 nitrogen and oxygen atoms in total. The summed E-state index contributed by atoms with van der Waals surface area (Å²) in [5.41, 5.74) is 0. The summed E-state index contributed by atoms with van der Waals surface area (Å²) in [6.45, 7) is 6.83. The Bertz CT molecular complexity index is 116. The highest BCUT2D eigenvalue weighted by molar-refractivity contribution is 5.21. The topological polar surface area (TPSA) is 21.6 Å². The molecule has 0 atom stereocenters. The van der Waals surface area contributed by atoms with Crippen molar-refractivity contribution >= 4 is 6.72 Å². The maximum absolute atomic E-state index is 4.69. The zero-order chi connectivity index (χ0) is 5.98. The van der Waals surface area contributed by atoms with E-state index in [4.69, 9.17) is 0 Å². The first-order valence-electron chi connectivity index (χ1n) is 2.66. The van der Waals surface area contributed by atoms with E-state index < -0.39 is 0 Å². The van der Waals surface area contributed by atoms with Crippen molar-refractivity contribution in [2.75, 3.05) is 0 Å². The summed E-state index contributed by atoms with van der Waals surface area (Å²) in [5, 5.41) is 3.25. The highest BCUT2D eigenvalue weighted by atomic mass is 16.6. The van der Waals surface area contributed by atoms with Gasteiger partial charge < -0.3 is 4.84 Å². The van der Waals surface area contributed by atoms with Crippen molar-refractivity contribution < 1.29 is 4.84 Å². The molecule has 8 heavy (non-hydrogen) atoms. The van der Waals surface area contributed by atoms with Crippen molar-refractivity contribution in [1.29, 1.82) is 0 Å². The van der Waals surface area contributed by atoms with Gasteiger partial charge in [-0.3, -0.25) is 0 Å². The van der Waals surface area contributed by atoms with Crippen molar-refractivity contribution in [2.45, 2.75) is 12.8 Å². The van der Waals surface area contributed by atoms with E-state index in [0.717, 1.165) is 5.76 Å². The average Bonchev–Trinajstić information content (AvgIpc) is 2.45. The molecule has 0 bridgehead atoms. The lowest BCUT2D eigenvalue weighted by Crippen LogP contribution is -1.82. The van der Waals surface area contributed by atoms with Gasteiger partial charge in [-0.1, -0.05) is 11.7 Å². The van der Waals surface area contributed by atoms with E-state index in [9.17, 15) is 0 Å². The fraction of sp³-hybridized carbons (Fsp3) is 0.500. The summed E-state index contributed by atoms with van der Waals surface area (Å²) < 4.78 is 0. The highest BCUT2D eigenvalue weighted by Gasteiger charge is 2.26. The quantitative estimate of drug-likeness (QED) is 0.307. The Morgan fingerprint density at radius 1 is 1.62 bits per heavy atom. The lowest BCUT2D eigenvalue weighted by atomic mass is 10.4. The first-order chi connectivity index (χ1) is 3.84. The molecular formula is C6H9NO. The van der Waals surface area contributed by atoms with Gasteiger partial charge in [0.15, 0.2) is 0 Å². The normalized spacial score (nSPS) is 17.5. The van der Waals surface area contributed by atoms with E-state index >= 15 is 0 Å². The summed E-state index contributed by atoms with van der Waals surface area (Å²) in [6, 6.07) is 0. The van der Waals surface area contributed by atoms with Crippen LogP contribution in [0, 0.1) is 5.92 Å². The fourth-order valence-corrected chi connectivity index (χ4v) is 0.563. The molecule has 0 aromatic heterocycles. The second-order valence-electron chi connectivity index (χ2n) is 1.96. The van der Waals surface area contributed by atoms with Crippen LogP contribution in [0.1, 0.15) is 12.8 Å². The highest BCUT2D eigenvalue weighted by Crippen LogP contribution is 2.35. The molecule has 0 heterocycles. The molecule has 0 unspecified atom stereocenters. The molecule has 1 saturated carbocycles. The largest absolute Gasteiger partial charge is 0.362 e. The molecule has 2 heteroatoms. The predicted molar refractivity (Wildman–Crippen MR) is 32.5 cm³/mol. The smallest absolute Gasteiger partial charge is 0.130 e. The summed E-state index contributed by atoms with van der Waals surface area (Å²) in [4.78, 5) is 4.69. The number of oxime groups is 1. The van der Waals surface area contributed by atoms with Gasteiger partial charge in [-0.15, -0.1) is 0 Å². The molecule has 0 aromatic rings. The average molecular weight is 111 g/mol. The minimum absolute atomic E-state index is 0.570. The molecule has 0 radical (unpaired) electrons. The fourth-order valence-electron chi connectivity index (χ4n) is 0.563. The third-order valence-corrected chi connectivity index (χ3v) is 1.21. The minimum atomic E-state index is 0.570.